The number of hydrogen-bond acceptors (Lipinski definition) is 5. The zero-order valence-electron chi connectivity index (χ0n) is 16.1. The number of thiophene rings is 1. The third-order valence-corrected chi connectivity index (χ3v) is 7.05. The Kier molecular flexibility index (Phi) is 5.53. The van der Waals surface area contributed by atoms with Crippen LogP contribution in [0.5, 0.6) is 0 Å². The molecule has 1 spiro atoms. The number of nitrogens with zero attached hydrogens (tertiary/aromatic N) is 3. The van der Waals surface area contributed by atoms with Gasteiger partial charge in [-0.3, -0.25) is 14.5 Å². The molecule has 0 bridgehead atoms. The lowest BCUT2D eigenvalue weighted by atomic mass is 9.90. The van der Waals surface area contributed by atoms with Gasteiger partial charge in [-0.25, -0.2) is 0 Å². The molecule has 6 nitrogen and oxygen atoms in total. The fourth-order valence-corrected chi connectivity index (χ4v) is 5.32. The normalized spacial score (nSPS) is 25.9. The molecule has 2 saturated heterocycles. The van der Waals surface area contributed by atoms with Crippen LogP contribution in [0.15, 0.2) is 17.5 Å². The molecule has 7 heteroatoms. The molecule has 27 heavy (non-hydrogen) atoms. The molecule has 1 atom stereocenters. The number of amides is 2. The second kappa shape index (κ2) is 7.89. The fraction of sp³-hybridized carbons (Fsp3) is 0.700. The number of likely N-dealkylation sites (N-methyl/N-ethyl adjacent to an activating group) is 1. The molecule has 148 valence electrons. The van der Waals surface area contributed by atoms with Crippen LogP contribution < -0.4 is 0 Å². The lowest BCUT2D eigenvalue weighted by molar-refractivity contribution is -0.161. The Labute approximate surface area is 165 Å². The van der Waals surface area contributed by atoms with Gasteiger partial charge in [0.15, 0.2) is 0 Å². The predicted molar refractivity (Wildman–Crippen MR) is 105 cm³/mol. The van der Waals surface area contributed by atoms with Crippen molar-refractivity contribution in [2.75, 3.05) is 39.8 Å². The highest BCUT2D eigenvalue weighted by Crippen LogP contribution is 2.41. The van der Waals surface area contributed by atoms with Crippen molar-refractivity contribution < 1.29 is 14.3 Å². The van der Waals surface area contributed by atoms with Gasteiger partial charge in [-0.15, -0.1) is 11.3 Å². The van der Waals surface area contributed by atoms with E-state index in [1.807, 2.05) is 27.3 Å². The minimum absolute atomic E-state index is 0.0318. The topological polar surface area (TPSA) is 53.1 Å². The van der Waals surface area contributed by atoms with Crippen molar-refractivity contribution in [3.63, 3.8) is 0 Å². The van der Waals surface area contributed by atoms with Gasteiger partial charge in [-0.05, 0) is 44.2 Å². The number of carbonyl (C=O) groups is 2. The summed E-state index contributed by atoms with van der Waals surface area (Å²) < 4.78 is 6.23. The zero-order valence-corrected chi connectivity index (χ0v) is 16.9. The van der Waals surface area contributed by atoms with E-state index in [0.717, 1.165) is 56.7 Å². The van der Waals surface area contributed by atoms with Gasteiger partial charge in [0.25, 0.3) is 0 Å². The Morgan fingerprint density at radius 1 is 1.19 bits per heavy atom. The van der Waals surface area contributed by atoms with Crippen molar-refractivity contribution in [3.8, 4) is 0 Å². The molecule has 0 radical (unpaired) electrons. The first-order valence-corrected chi connectivity index (χ1v) is 10.9. The van der Waals surface area contributed by atoms with Gasteiger partial charge in [0.05, 0.1) is 13.0 Å². The standard InChI is InChI=1S/C20H29N3O3S/c1-21-9-11-22(12-10-21)19(25)17-15-26-20(7-3-2-4-8-20)23(17)18(24)14-16-6-5-13-27-16/h5-6,13,17H,2-4,7-12,14-15H2,1H3. The van der Waals surface area contributed by atoms with Gasteiger partial charge >= 0.3 is 0 Å². The van der Waals surface area contributed by atoms with E-state index in [0.29, 0.717) is 13.0 Å². The van der Waals surface area contributed by atoms with Gasteiger partial charge in [0.2, 0.25) is 11.8 Å². The van der Waals surface area contributed by atoms with E-state index in [4.69, 9.17) is 4.74 Å². The summed E-state index contributed by atoms with van der Waals surface area (Å²) in [6, 6.07) is 3.49. The third-order valence-electron chi connectivity index (χ3n) is 6.17. The van der Waals surface area contributed by atoms with E-state index in [9.17, 15) is 9.59 Å². The Balaban J connectivity index is 1.55. The quantitative estimate of drug-likeness (QED) is 0.790. The van der Waals surface area contributed by atoms with Gasteiger partial charge < -0.3 is 14.5 Å². The second-order valence-corrected chi connectivity index (χ2v) is 9.01. The highest BCUT2D eigenvalue weighted by atomic mass is 32.1. The molecular weight excluding hydrogens is 362 g/mol. The first kappa shape index (κ1) is 18.9. The first-order valence-electron chi connectivity index (χ1n) is 10.0. The highest BCUT2D eigenvalue weighted by Gasteiger charge is 2.53. The Hall–Kier alpha value is -1.44. The maximum Gasteiger partial charge on any atom is 0.247 e. The summed E-state index contributed by atoms with van der Waals surface area (Å²) in [5, 5.41) is 1.99. The van der Waals surface area contributed by atoms with E-state index < -0.39 is 11.8 Å². The molecule has 0 aromatic carbocycles. The molecule has 3 aliphatic rings. The van der Waals surface area contributed by atoms with Crippen LogP contribution in [0, 0.1) is 0 Å². The van der Waals surface area contributed by atoms with Crippen molar-refractivity contribution in [3.05, 3.63) is 22.4 Å². The molecule has 2 amide bonds. The highest BCUT2D eigenvalue weighted by molar-refractivity contribution is 7.10. The van der Waals surface area contributed by atoms with Crippen molar-refractivity contribution in [1.29, 1.82) is 0 Å². The number of carbonyl (C=O) groups excluding carboxylic acids is 2. The maximum atomic E-state index is 13.3. The molecule has 3 fully saturated rings. The molecule has 1 aromatic heterocycles. The van der Waals surface area contributed by atoms with Gasteiger partial charge in [0.1, 0.15) is 11.8 Å². The Morgan fingerprint density at radius 2 is 1.93 bits per heavy atom. The lowest BCUT2D eigenvalue weighted by Crippen LogP contribution is -2.59. The molecule has 1 aliphatic carbocycles. The van der Waals surface area contributed by atoms with Gasteiger partial charge in [-0.1, -0.05) is 12.5 Å². The molecule has 1 unspecified atom stereocenters. The third kappa shape index (κ3) is 3.77. The number of hydrogen-bond donors (Lipinski definition) is 0. The minimum atomic E-state index is -0.570. The molecule has 1 aromatic rings. The van der Waals surface area contributed by atoms with Crippen LogP contribution in [0.25, 0.3) is 0 Å². The van der Waals surface area contributed by atoms with E-state index in [1.165, 1.54) is 6.42 Å². The summed E-state index contributed by atoms with van der Waals surface area (Å²) >= 11 is 1.59. The minimum Gasteiger partial charge on any atom is -0.353 e. The summed E-state index contributed by atoms with van der Waals surface area (Å²) in [4.78, 5) is 33.6. The Morgan fingerprint density at radius 3 is 2.59 bits per heavy atom. The molecule has 0 N–H and O–H groups in total. The van der Waals surface area contributed by atoms with Crippen LogP contribution in [-0.2, 0) is 20.7 Å². The monoisotopic (exact) mass is 391 g/mol. The number of ether oxygens (including phenoxy) is 1. The van der Waals surface area contributed by atoms with E-state index in [-0.39, 0.29) is 11.8 Å². The van der Waals surface area contributed by atoms with Crippen molar-refractivity contribution in [2.45, 2.75) is 50.3 Å². The maximum absolute atomic E-state index is 13.3. The Bertz CT molecular complexity index is 664. The SMILES string of the molecule is CN1CCN(C(=O)C2COC3(CCCCC3)N2C(=O)Cc2cccs2)CC1. The van der Waals surface area contributed by atoms with Crippen LogP contribution >= 0.6 is 11.3 Å². The summed E-state index contributed by atoms with van der Waals surface area (Å²) in [7, 11) is 2.08. The average molecular weight is 392 g/mol. The lowest BCUT2D eigenvalue weighted by Gasteiger charge is -2.42. The van der Waals surface area contributed by atoms with Crippen LogP contribution in [0.1, 0.15) is 37.0 Å². The van der Waals surface area contributed by atoms with Crippen molar-refractivity contribution in [2.24, 2.45) is 0 Å². The number of rotatable bonds is 3. The van der Waals surface area contributed by atoms with E-state index in [2.05, 4.69) is 11.9 Å². The molecule has 1 saturated carbocycles. The van der Waals surface area contributed by atoms with Gasteiger partial charge in [-0.2, -0.15) is 0 Å². The summed E-state index contributed by atoms with van der Waals surface area (Å²) in [6.45, 7) is 3.56. The van der Waals surface area contributed by atoms with Crippen LogP contribution in [0.3, 0.4) is 0 Å². The van der Waals surface area contributed by atoms with Crippen molar-refractivity contribution >= 4 is 23.2 Å². The van der Waals surface area contributed by atoms with Crippen LogP contribution in [-0.4, -0.2) is 78.1 Å². The van der Waals surface area contributed by atoms with E-state index in [1.54, 1.807) is 11.3 Å². The largest absolute Gasteiger partial charge is 0.353 e. The molecular formula is C20H29N3O3S. The average Bonchev–Trinajstić information content (AvgIpc) is 3.30. The smallest absolute Gasteiger partial charge is 0.247 e. The molecule has 2 aliphatic heterocycles. The zero-order chi connectivity index (χ0) is 18.9. The predicted octanol–water partition coefficient (Wildman–Crippen LogP) is 1.95. The van der Waals surface area contributed by atoms with Crippen molar-refractivity contribution in [1.82, 2.24) is 14.7 Å². The van der Waals surface area contributed by atoms with E-state index >= 15 is 0 Å². The summed E-state index contributed by atoms with van der Waals surface area (Å²) in [6.07, 6.45) is 5.33. The first-order chi connectivity index (χ1) is 13.1. The summed E-state index contributed by atoms with van der Waals surface area (Å²) in [5.41, 5.74) is -0.570. The second-order valence-electron chi connectivity index (χ2n) is 7.98. The summed E-state index contributed by atoms with van der Waals surface area (Å²) in [5.74, 6) is 0.0920. The molecule has 3 heterocycles. The fourth-order valence-electron chi connectivity index (χ4n) is 4.62. The van der Waals surface area contributed by atoms with Crippen LogP contribution in [0.4, 0.5) is 0 Å². The van der Waals surface area contributed by atoms with Crippen LogP contribution in [0.2, 0.25) is 0 Å². The number of piperazine rings is 1. The molecule has 4 rings (SSSR count). The van der Waals surface area contributed by atoms with Gasteiger partial charge in [0, 0.05) is 31.1 Å².